The van der Waals surface area contributed by atoms with Gasteiger partial charge in [-0.25, -0.2) is 9.78 Å². The summed E-state index contributed by atoms with van der Waals surface area (Å²) in [5, 5.41) is 22.3. The molecule has 0 saturated heterocycles. The Balaban J connectivity index is 2.05. The average molecular weight is 267 g/mol. The molecule has 0 amide bonds. The van der Waals surface area contributed by atoms with E-state index in [1.165, 1.54) is 0 Å². The van der Waals surface area contributed by atoms with Crippen LogP contribution in [0.2, 0.25) is 0 Å². The van der Waals surface area contributed by atoms with Gasteiger partial charge in [-0.15, -0.1) is 0 Å². The van der Waals surface area contributed by atoms with Gasteiger partial charge in [-0.3, -0.25) is 0 Å². The van der Waals surface area contributed by atoms with Gasteiger partial charge < -0.3 is 10.4 Å². The molecule has 1 aliphatic rings. The summed E-state index contributed by atoms with van der Waals surface area (Å²) in [6, 6.07) is 11.1. The van der Waals surface area contributed by atoms with Gasteiger partial charge in [-0.2, -0.15) is 5.26 Å². The molecule has 0 spiro atoms. The number of nitrogens with zero attached hydrogens (tertiary/aromatic N) is 2. The molecular formula is C15H13N3O2. The van der Waals surface area contributed by atoms with Crippen molar-refractivity contribution in [1.82, 2.24) is 4.98 Å². The minimum Gasteiger partial charge on any atom is -0.480 e. The second-order valence-corrected chi connectivity index (χ2v) is 5.05. The van der Waals surface area contributed by atoms with Crippen LogP contribution in [0.15, 0.2) is 30.3 Å². The molecule has 5 nitrogen and oxygen atoms in total. The van der Waals surface area contributed by atoms with Crippen LogP contribution >= 0.6 is 0 Å². The van der Waals surface area contributed by atoms with Gasteiger partial charge in [0, 0.05) is 5.39 Å². The molecule has 0 aliphatic heterocycles. The topological polar surface area (TPSA) is 86.0 Å². The monoisotopic (exact) mass is 267 g/mol. The fourth-order valence-electron chi connectivity index (χ4n) is 2.50. The van der Waals surface area contributed by atoms with Crippen LogP contribution in [-0.2, 0) is 4.79 Å². The molecule has 1 saturated carbocycles. The van der Waals surface area contributed by atoms with E-state index in [-0.39, 0.29) is 0 Å². The highest BCUT2D eigenvalue weighted by Crippen LogP contribution is 2.35. The minimum atomic E-state index is -0.928. The summed E-state index contributed by atoms with van der Waals surface area (Å²) < 4.78 is 0. The van der Waals surface area contributed by atoms with Crippen molar-refractivity contribution in [3.63, 3.8) is 0 Å². The first-order chi connectivity index (χ1) is 9.64. The lowest BCUT2D eigenvalue weighted by Crippen LogP contribution is -2.52. The van der Waals surface area contributed by atoms with E-state index < -0.39 is 11.5 Å². The van der Waals surface area contributed by atoms with Gasteiger partial charge in [0.2, 0.25) is 0 Å². The summed E-state index contributed by atoms with van der Waals surface area (Å²) in [4.78, 5) is 15.8. The summed E-state index contributed by atoms with van der Waals surface area (Å²) in [6.07, 6.45) is 2.05. The van der Waals surface area contributed by atoms with Gasteiger partial charge in [0.05, 0.1) is 17.1 Å². The van der Waals surface area contributed by atoms with Crippen LogP contribution in [-0.4, -0.2) is 21.6 Å². The zero-order valence-corrected chi connectivity index (χ0v) is 10.8. The first kappa shape index (κ1) is 12.4. The van der Waals surface area contributed by atoms with E-state index in [0.29, 0.717) is 29.7 Å². The van der Waals surface area contributed by atoms with E-state index in [2.05, 4.69) is 16.4 Å². The largest absolute Gasteiger partial charge is 0.480 e. The fraction of sp³-hybridized carbons (Fsp3) is 0.267. The molecule has 0 bridgehead atoms. The minimum absolute atomic E-state index is 0.447. The number of aromatic nitrogens is 1. The van der Waals surface area contributed by atoms with E-state index in [9.17, 15) is 15.2 Å². The number of carboxylic acid groups (broad SMARTS) is 1. The Labute approximate surface area is 115 Å². The second-order valence-electron chi connectivity index (χ2n) is 5.05. The van der Waals surface area contributed by atoms with E-state index in [0.717, 1.165) is 11.8 Å². The molecule has 0 unspecified atom stereocenters. The summed E-state index contributed by atoms with van der Waals surface area (Å²) in [7, 11) is 0. The van der Waals surface area contributed by atoms with E-state index in [4.69, 9.17) is 0 Å². The maximum Gasteiger partial charge on any atom is 0.329 e. The predicted molar refractivity (Wildman–Crippen MR) is 74.3 cm³/mol. The number of hydrogen-bond donors (Lipinski definition) is 2. The standard InChI is InChI=1S/C15H13N3O2/c16-9-10-8-13(17-12-5-2-1-4-11(10)12)18-15(14(19)20)6-3-7-15/h1-2,4-5,8H,3,6-7H2,(H,17,18)(H,19,20). The van der Waals surface area contributed by atoms with Crippen LogP contribution in [0, 0.1) is 11.3 Å². The SMILES string of the molecule is N#Cc1cc(NC2(C(=O)O)CCC2)nc2ccccc12. The van der Waals surface area contributed by atoms with E-state index in [1.54, 1.807) is 6.07 Å². The number of pyridine rings is 1. The number of carbonyl (C=O) groups is 1. The Morgan fingerprint density at radius 2 is 2.15 bits per heavy atom. The maximum absolute atomic E-state index is 11.4. The number of fused-ring (bicyclic) bond motifs is 1. The smallest absolute Gasteiger partial charge is 0.329 e. The lowest BCUT2D eigenvalue weighted by molar-refractivity contribution is -0.145. The van der Waals surface area contributed by atoms with Crippen LogP contribution in [0.25, 0.3) is 10.9 Å². The van der Waals surface area contributed by atoms with Crippen LogP contribution in [0.4, 0.5) is 5.82 Å². The van der Waals surface area contributed by atoms with Gasteiger partial charge in [-0.1, -0.05) is 18.2 Å². The molecule has 2 N–H and O–H groups in total. The Kier molecular flexibility index (Phi) is 2.79. The number of nitrogens with one attached hydrogen (secondary N) is 1. The third-order valence-corrected chi connectivity index (χ3v) is 3.82. The van der Waals surface area contributed by atoms with Crippen molar-refractivity contribution in [3.05, 3.63) is 35.9 Å². The Morgan fingerprint density at radius 3 is 2.75 bits per heavy atom. The lowest BCUT2D eigenvalue weighted by Gasteiger charge is -2.38. The number of benzene rings is 1. The van der Waals surface area contributed by atoms with Crippen LogP contribution < -0.4 is 5.32 Å². The summed E-state index contributed by atoms with van der Waals surface area (Å²) >= 11 is 0. The number of carboxylic acids is 1. The summed E-state index contributed by atoms with van der Waals surface area (Å²) in [5.41, 5.74) is 0.259. The zero-order valence-electron chi connectivity index (χ0n) is 10.8. The molecule has 3 rings (SSSR count). The number of anilines is 1. The molecule has 0 radical (unpaired) electrons. The molecule has 1 aliphatic carbocycles. The van der Waals surface area contributed by atoms with Crippen molar-refractivity contribution in [2.24, 2.45) is 0 Å². The quantitative estimate of drug-likeness (QED) is 0.892. The fourth-order valence-corrected chi connectivity index (χ4v) is 2.50. The molecule has 1 heterocycles. The van der Waals surface area contributed by atoms with Crippen molar-refractivity contribution in [1.29, 1.82) is 5.26 Å². The number of aliphatic carboxylic acids is 1. The van der Waals surface area contributed by atoms with Gasteiger partial charge in [0.1, 0.15) is 11.4 Å². The molecule has 20 heavy (non-hydrogen) atoms. The van der Waals surface area contributed by atoms with Crippen LogP contribution in [0.5, 0.6) is 0 Å². The maximum atomic E-state index is 11.4. The Bertz CT molecular complexity index is 729. The number of para-hydroxylation sites is 1. The van der Waals surface area contributed by atoms with Crippen molar-refractivity contribution in [2.45, 2.75) is 24.8 Å². The Hall–Kier alpha value is -2.61. The van der Waals surface area contributed by atoms with Gasteiger partial charge in [-0.05, 0) is 31.4 Å². The molecule has 100 valence electrons. The lowest BCUT2D eigenvalue weighted by atomic mass is 9.77. The van der Waals surface area contributed by atoms with Gasteiger partial charge in [0.25, 0.3) is 0 Å². The van der Waals surface area contributed by atoms with Crippen LogP contribution in [0.1, 0.15) is 24.8 Å². The van der Waals surface area contributed by atoms with Crippen molar-refractivity contribution >= 4 is 22.7 Å². The molecule has 1 fully saturated rings. The van der Waals surface area contributed by atoms with E-state index >= 15 is 0 Å². The summed E-state index contributed by atoms with van der Waals surface area (Å²) in [6.45, 7) is 0. The molecule has 1 aromatic heterocycles. The number of rotatable bonds is 3. The molecule has 1 aromatic carbocycles. The molecule has 0 atom stereocenters. The first-order valence-corrected chi connectivity index (χ1v) is 6.46. The molecular weight excluding hydrogens is 254 g/mol. The zero-order chi connectivity index (χ0) is 14.2. The van der Waals surface area contributed by atoms with E-state index in [1.807, 2.05) is 24.3 Å². The highest BCUT2D eigenvalue weighted by atomic mass is 16.4. The predicted octanol–water partition coefficient (Wildman–Crippen LogP) is 2.53. The van der Waals surface area contributed by atoms with Crippen molar-refractivity contribution < 1.29 is 9.90 Å². The van der Waals surface area contributed by atoms with Gasteiger partial charge >= 0.3 is 5.97 Å². The first-order valence-electron chi connectivity index (χ1n) is 6.46. The summed E-state index contributed by atoms with van der Waals surface area (Å²) in [5.74, 6) is -0.417. The second kappa shape index (κ2) is 4.49. The normalized spacial score (nSPS) is 16.1. The highest BCUT2D eigenvalue weighted by Gasteiger charge is 2.44. The number of hydrogen-bond acceptors (Lipinski definition) is 4. The number of nitriles is 1. The Morgan fingerprint density at radius 1 is 1.40 bits per heavy atom. The average Bonchev–Trinajstić information content (AvgIpc) is 2.41. The van der Waals surface area contributed by atoms with Crippen LogP contribution in [0.3, 0.4) is 0 Å². The molecule has 2 aromatic rings. The van der Waals surface area contributed by atoms with Gasteiger partial charge in [0.15, 0.2) is 0 Å². The third kappa shape index (κ3) is 1.86. The third-order valence-electron chi connectivity index (χ3n) is 3.82. The van der Waals surface area contributed by atoms with Crippen molar-refractivity contribution in [3.8, 4) is 6.07 Å². The molecule has 5 heteroatoms. The highest BCUT2D eigenvalue weighted by molar-refractivity contribution is 5.88. The van der Waals surface area contributed by atoms with Crippen molar-refractivity contribution in [2.75, 3.05) is 5.32 Å².